The molecule has 0 aliphatic carbocycles. The fourth-order valence-corrected chi connectivity index (χ4v) is 1.35. The Morgan fingerprint density at radius 2 is 2.36 bits per heavy atom. The van der Waals surface area contributed by atoms with Gasteiger partial charge in [-0.25, -0.2) is 4.98 Å². The van der Waals surface area contributed by atoms with Gasteiger partial charge < -0.3 is 4.57 Å². The van der Waals surface area contributed by atoms with E-state index < -0.39 is 0 Å². The Hall–Kier alpha value is -0.500. The Bertz CT molecular complexity index is 230. The highest BCUT2D eigenvalue weighted by molar-refractivity contribution is 6.16. The molecule has 0 radical (unpaired) electrons. The highest BCUT2D eigenvalue weighted by Crippen LogP contribution is 2.08. The number of rotatable bonds is 3. The van der Waals surface area contributed by atoms with Gasteiger partial charge in [0.2, 0.25) is 0 Å². The first-order chi connectivity index (χ1) is 5.29. The van der Waals surface area contributed by atoms with Crippen molar-refractivity contribution in [2.24, 2.45) is 0 Å². The van der Waals surface area contributed by atoms with Crippen LogP contribution in [0.2, 0.25) is 0 Å². The van der Waals surface area contributed by atoms with Gasteiger partial charge in [-0.05, 0) is 13.3 Å². The van der Waals surface area contributed by atoms with Crippen LogP contribution >= 0.6 is 11.6 Å². The molecule has 0 bridgehead atoms. The maximum Gasteiger partial charge on any atom is 0.0952 e. The summed E-state index contributed by atoms with van der Waals surface area (Å²) in [5, 5.41) is 0. The topological polar surface area (TPSA) is 17.8 Å². The Kier molecular flexibility index (Phi) is 2.94. The van der Waals surface area contributed by atoms with E-state index in [4.69, 9.17) is 11.6 Å². The number of hydrogen-bond acceptors (Lipinski definition) is 1. The van der Waals surface area contributed by atoms with Crippen molar-refractivity contribution in [1.29, 1.82) is 0 Å². The normalized spacial score (nSPS) is 10.5. The first kappa shape index (κ1) is 8.60. The van der Waals surface area contributed by atoms with Gasteiger partial charge in [0, 0.05) is 12.2 Å². The first-order valence-corrected chi connectivity index (χ1v) is 4.39. The molecule has 0 aliphatic rings. The minimum Gasteiger partial charge on any atom is -0.335 e. The molecule has 0 saturated carbocycles. The molecule has 2 nitrogen and oxygen atoms in total. The van der Waals surface area contributed by atoms with Crippen molar-refractivity contribution in [3.05, 3.63) is 17.7 Å². The van der Waals surface area contributed by atoms with Crippen LogP contribution in [0.1, 0.15) is 24.7 Å². The zero-order valence-corrected chi connectivity index (χ0v) is 7.73. The second-order valence-corrected chi connectivity index (χ2v) is 2.87. The van der Waals surface area contributed by atoms with Crippen molar-refractivity contribution in [2.45, 2.75) is 32.7 Å². The summed E-state index contributed by atoms with van der Waals surface area (Å²) in [5.41, 5.74) is 2.20. The van der Waals surface area contributed by atoms with E-state index in [1.807, 2.05) is 6.33 Å². The van der Waals surface area contributed by atoms with Crippen molar-refractivity contribution in [3.63, 3.8) is 0 Å². The van der Waals surface area contributed by atoms with E-state index in [0.717, 1.165) is 18.7 Å². The van der Waals surface area contributed by atoms with E-state index in [-0.39, 0.29) is 0 Å². The van der Waals surface area contributed by atoms with Gasteiger partial charge in [-0.1, -0.05) is 6.92 Å². The number of hydrogen-bond donors (Lipinski definition) is 0. The number of aromatic nitrogens is 2. The summed E-state index contributed by atoms with van der Waals surface area (Å²) < 4.78 is 2.14. The summed E-state index contributed by atoms with van der Waals surface area (Å²) in [4.78, 5) is 4.18. The molecule has 3 heteroatoms. The standard InChI is InChI=1S/C8H13ClN2/c1-3-4-11-6-10-8(5-9)7(11)2/h6H,3-5H2,1-2H3. The molecule has 0 spiro atoms. The maximum absolute atomic E-state index is 5.67. The SMILES string of the molecule is CCCn1cnc(CCl)c1C. The molecular weight excluding hydrogens is 160 g/mol. The van der Waals surface area contributed by atoms with E-state index in [2.05, 4.69) is 23.4 Å². The minimum absolute atomic E-state index is 0.516. The second kappa shape index (κ2) is 3.77. The molecule has 0 atom stereocenters. The molecule has 62 valence electrons. The van der Waals surface area contributed by atoms with Crippen molar-refractivity contribution in [1.82, 2.24) is 9.55 Å². The van der Waals surface area contributed by atoms with Gasteiger partial charge in [0.05, 0.1) is 17.9 Å². The summed E-state index contributed by atoms with van der Waals surface area (Å²) in [6, 6.07) is 0. The van der Waals surface area contributed by atoms with E-state index in [1.165, 1.54) is 5.69 Å². The van der Waals surface area contributed by atoms with E-state index >= 15 is 0 Å². The average molecular weight is 173 g/mol. The number of imidazole rings is 1. The fourth-order valence-electron chi connectivity index (χ4n) is 1.08. The lowest BCUT2D eigenvalue weighted by atomic mass is 10.3. The van der Waals surface area contributed by atoms with Crippen LogP contribution in [0, 0.1) is 6.92 Å². The molecule has 0 unspecified atom stereocenters. The molecule has 11 heavy (non-hydrogen) atoms. The van der Waals surface area contributed by atoms with Gasteiger partial charge >= 0.3 is 0 Å². The van der Waals surface area contributed by atoms with Gasteiger partial charge in [-0.3, -0.25) is 0 Å². The molecule has 1 heterocycles. The van der Waals surface area contributed by atoms with Crippen LogP contribution in [0.4, 0.5) is 0 Å². The largest absolute Gasteiger partial charge is 0.335 e. The zero-order chi connectivity index (χ0) is 8.27. The summed E-state index contributed by atoms with van der Waals surface area (Å²) in [6.07, 6.45) is 3.00. The van der Waals surface area contributed by atoms with Gasteiger partial charge in [0.1, 0.15) is 0 Å². The van der Waals surface area contributed by atoms with Crippen LogP contribution < -0.4 is 0 Å². The third-order valence-corrected chi connectivity index (χ3v) is 2.05. The first-order valence-electron chi connectivity index (χ1n) is 3.86. The molecule has 0 aromatic carbocycles. The third kappa shape index (κ3) is 1.74. The van der Waals surface area contributed by atoms with Crippen LogP contribution in [0.5, 0.6) is 0 Å². The van der Waals surface area contributed by atoms with Crippen LogP contribution in [-0.2, 0) is 12.4 Å². The summed E-state index contributed by atoms with van der Waals surface area (Å²) in [7, 11) is 0. The van der Waals surface area contributed by atoms with E-state index in [0.29, 0.717) is 5.88 Å². The average Bonchev–Trinajstić information content (AvgIpc) is 2.34. The Morgan fingerprint density at radius 1 is 1.64 bits per heavy atom. The Balaban J connectivity index is 2.82. The van der Waals surface area contributed by atoms with Gasteiger partial charge in [-0.2, -0.15) is 0 Å². The molecule has 1 aromatic rings. The lowest BCUT2D eigenvalue weighted by Crippen LogP contribution is -1.97. The van der Waals surface area contributed by atoms with Crippen LogP contribution in [0.15, 0.2) is 6.33 Å². The summed E-state index contributed by atoms with van der Waals surface area (Å²) >= 11 is 5.67. The van der Waals surface area contributed by atoms with Crippen molar-refractivity contribution in [2.75, 3.05) is 0 Å². The molecule has 1 rings (SSSR count). The Morgan fingerprint density at radius 3 is 2.82 bits per heavy atom. The molecule has 1 aromatic heterocycles. The van der Waals surface area contributed by atoms with Crippen molar-refractivity contribution >= 4 is 11.6 Å². The Labute approximate surface area is 72.2 Å². The molecule has 0 N–H and O–H groups in total. The number of halogens is 1. The maximum atomic E-state index is 5.67. The lowest BCUT2D eigenvalue weighted by Gasteiger charge is -2.01. The predicted molar refractivity (Wildman–Crippen MR) is 46.8 cm³/mol. The van der Waals surface area contributed by atoms with E-state index in [1.54, 1.807) is 0 Å². The lowest BCUT2D eigenvalue weighted by molar-refractivity contribution is 0.661. The molecular formula is C8H13ClN2. The van der Waals surface area contributed by atoms with Crippen LogP contribution in [0.3, 0.4) is 0 Å². The van der Waals surface area contributed by atoms with Gasteiger partial charge in [0.15, 0.2) is 0 Å². The predicted octanol–water partition coefficient (Wildman–Crippen LogP) is 2.34. The fraction of sp³-hybridized carbons (Fsp3) is 0.625. The summed E-state index contributed by atoms with van der Waals surface area (Å²) in [5.74, 6) is 0.516. The monoisotopic (exact) mass is 172 g/mol. The minimum atomic E-state index is 0.516. The van der Waals surface area contributed by atoms with Gasteiger partial charge in [0.25, 0.3) is 0 Å². The van der Waals surface area contributed by atoms with E-state index in [9.17, 15) is 0 Å². The number of nitrogens with zero attached hydrogens (tertiary/aromatic N) is 2. The molecule has 0 aliphatic heterocycles. The van der Waals surface area contributed by atoms with Gasteiger partial charge in [-0.15, -0.1) is 11.6 Å². The highest BCUT2D eigenvalue weighted by atomic mass is 35.5. The quantitative estimate of drug-likeness (QED) is 0.640. The van der Waals surface area contributed by atoms with Crippen molar-refractivity contribution in [3.8, 4) is 0 Å². The van der Waals surface area contributed by atoms with Crippen molar-refractivity contribution < 1.29 is 0 Å². The smallest absolute Gasteiger partial charge is 0.0952 e. The third-order valence-electron chi connectivity index (χ3n) is 1.79. The van der Waals surface area contributed by atoms with Crippen LogP contribution in [-0.4, -0.2) is 9.55 Å². The molecule has 0 fully saturated rings. The number of alkyl halides is 1. The van der Waals surface area contributed by atoms with Crippen LogP contribution in [0.25, 0.3) is 0 Å². The summed E-state index contributed by atoms with van der Waals surface area (Å²) in [6.45, 7) is 5.25. The number of aryl methyl sites for hydroxylation is 1. The molecule has 0 amide bonds. The molecule has 0 saturated heterocycles. The zero-order valence-electron chi connectivity index (χ0n) is 6.97. The highest BCUT2D eigenvalue weighted by Gasteiger charge is 2.02. The second-order valence-electron chi connectivity index (χ2n) is 2.60.